The molecule has 1 N–H and O–H groups in total. The molecule has 4 nitrogen and oxygen atoms in total. The van der Waals surface area contributed by atoms with E-state index in [9.17, 15) is 9.90 Å². The molecule has 1 aliphatic heterocycles. The van der Waals surface area contributed by atoms with Crippen molar-refractivity contribution in [2.45, 2.75) is 44.2 Å². The van der Waals surface area contributed by atoms with Gasteiger partial charge in [-0.05, 0) is 38.7 Å². The van der Waals surface area contributed by atoms with Gasteiger partial charge in [0.1, 0.15) is 5.69 Å². The van der Waals surface area contributed by atoms with Crippen molar-refractivity contribution in [2.24, 2.45) is 0 Å². The van der Waals surface area contributed by atoms with Crippen molar-refractivity contribution >= 4 is 17.5 Å². The lowest BCUT2D eigenvalue weighted by Gasteiger charge is -2.36. The monoisotopic (exact) mass is 282 g/mol. The first-order valence-corrected chi connectivity index (χ1v) is 7.23. The summed E-state index contributed by atoms with van der Waals surface area (Å²) >= 11 is 6.04. The third-order valence-corrected chi connectivity index (χ3v) is 4.14. The van der Waals surface area contributed by atoms with E-state index in [0.29, 0.717) is 29.8 Å². The number of halogens is 1. The summed E-state index contributed by atoms with van der Waals surface area (Å²) in [6, 6.07) is 2.17. The van der Waals surface area contributed by atoms with E-state index in [4.69, 9.17) is 11.6 Å². The highest BCUT2D eigenvalue weighted by Gasteiger charge is 2.34. The fraction of sp³-hybridized carbons (Fsp3) is 0.643. The second-order valence-electron chi connectivity index (χ2n) is 6.01. The molecule has 2 heterocycles. The number of hydrogen-bond donors (Lipinski definition) is 1. The Kier molecular flexibility index (Phi) is 3.10. The summed E-state index contributed by atoms with van der Waals surface area (Å²) in [4.78, 5) is 14.3. The quantitative estimate of drug-likeness (QED) is 0.906. The molecule has 1 aromatic rings. The average molecular weight is 283 g/mol. The maximum absolute atomic E-state index is 12.6. The van der Waals surface area contributed by atoms with Crippen LogP contribution < -0.4 is 0 Å². The van der Waals surface area contributed by atoms with E-state index in [0.717, 1.165) is 25.7 Å². The van der Waals surface area contributed by atoms with Crippen molar-refractivity contribution in [1.82, 2.24) is 9.47 Å². The van der Waals surface area contributed by atoms with Gasteiger partial charge >= 0.3 is 0 Å². The minimum Gasteiger partial charge on any atom is -0.388 e. The van der Waals surface area contributed by atoms with Crippen LogP contribution in [-0.4, -0.2) is 39.2 Å². The lowest BCUT2D eigenvalue weighted by Crippen LogP contribution is -2.48. The molecule has 1 saturated heterocycles. The fourth-order valence-electron chi connectivity index (χ4n) is 2.83. The standard InChI is InChI=1S/C14H19ClN2O2/c1-14(19)5-2-6-16(9-14)13(18)12-7-10(15)8-17(12)11-3-4-11/h7-8,11,19H,2-6,9H2,1H3. The molecule has 1 unspecified atom stereocenters. The number of nitrogens with zero attached hydrogens (tertiary/aromatic N) is 2. The summed E-state index contributed by atoms with van der Waals surface area (Å²) in [5.41, 5.74) is -0.112. The number of β-amino-alcohol motifs (C(OH)–C–C–N with tert-alkyl or cyclic N) is 1. The largest absolute Gasteiger partial charge is 0.388 e. The van der Waals surface area contributed by atoms with Crippen LogP contribution in [0.4, 0.5) is 0 Å². The van der Waals surface area contributed by atoms with Gasteiger partial charge in [0.2, 0.25) is 0 Å². The van der Waals surface area contributed by atoms with E-state index in [2.05, 4.69) is 0 Å². The van der Waals surface area contributed by atoms with E-state index in [1.807, 2.05) is 10.8 Å². The van der Waals surface area contributed by atoms with Crippen molar-refractivity contribution < 1.29 is 9.90 Å². The van der Waals surface area contributed by atoms with Crippen LogP contribution in [0.5, 0.6) is 0 Å². The van der Waals surface area contributed by atoms with Crippen molar-refractivity contribution in [3.63, 3.8) is 0 Å². The maximum Gasteiger partial charge on any atom is 0.270 e. The number of amides is 1. The van der Waals surface area contributed by atoms with Gasteiger partial charge in [-0.1, -0.05) is 11.6 Å². The zero-order valence-corrected chi connectivity index (χ0v) is 11.9. The number of hydrogen-bond acceptors (Lipinski definition) is 2. The molecular weight excluding hydrogens is 264 g/mol. The van der Waals surface area contributed by atoms with Crippen LogP contribution >= 0.6 is 11.6 Å². The van der Waals surface area contributed by atoms with Gasteiger partial charge in [-0.2, -0.15) is 0 Å². The molecule has 2 aliphatic rings. The number of carbonyl (C=O) groups is 1. The Bertz CT molecular complexity index is 506. The van der Waals surface area contributed by atoms with E-state index in [1.165, 1.54) is 0 Å². The smallest absolute Gasteiger partial charge is 0.270 e. The molecule has 19 heavy (non-hydrogen) atoms. The zero-order valence-electron chi connectivity index (χ0n) is 11.1. The molecule has 0 bridgehead atoms. The van der Waals surface area contributed by atoms with Crippen molar-refractivity contribution in [3.8, 4) is 0 Å². The Morgan fingerprint density at radius 3 is 2.89 bits per heavy atom. The van der Waals surface area contributed by atoms with Crippen LogP contribution in [0.3, 0.4) is 0 Å². The van der Waals surface area contributed by atoms with Gasteiger partial charge in [0, 0.05) is 25.3 Å². The summed E-state index contributed by atoms with van der Waals surface area (Å²) < 4.78 is 1.99. The van der Waals surface area contributed by atoms with Crippen LogP contribution in [0.15, 0.2) is 12.3 Å². The number of aliphatic hydroxyl groups is 1. The van der Waals surface area contributed by atoms with Crippen LogP contribution in [0.25, 0.3) is 0 Å². The summed E-state index contributed by atoms with van der Waals surface area (Å²) in [7, 11) is 0. The first kappa shape index (κ1) is 13.0. The Balaban J connectivity index is 1.83. The summed E-state index contributed by atoms with van der Waals surface area (Å²) in [5.74, 6) is -0.0150. The second-order valence-corrected chi connectivity index (χ2v) is 6.45. The number of likely N-dealkylation sites (tertiary alicyclic amines) is 1. The average Bonchev–Trinajstić information content (AvgIpc) is 3.10. The minimum absolute atomic E-state index is 0.0150. The lowest BCUT2D eigenvalue weighted by atomic mass is 9.95. The fourth-order valence-corrected chi connectivity index (χ4v) is 3.04. The third-order valence-electron chi connectivity index (χ3n) is 3.94. The minimum atomic E-state index is -0.769. The summed E-state index contributed by atoms with van der Waals surface area (Å²) in [6.07, 6.45) is 5.67. The van der Waals surface area contributed by atoms with E-state index in [-0.39, 0.29) is 5.91 Å². The van der Waals surface area contributed by atoms with Gasteiger partial charge in [-0.3, -0.25) is 4.79 Å². The van der Waals surface area contributed by atoms with E-state index < -0.39 is 5.60 Å². The molecule has 1 atom stereocenters. The lowest BCUT2D eigenvalue weighted by molar-refractivity contribution is -0.0111. The first-order chi connectivity index (χ1) is 8.96. The van der Waals surface area contributed by atoms with Crippen molar-refractivity contribution in [3.05, 3.63) is 23.0 Å². The molecule has 0 spiro atoms. The van der Waals surface area contributed by atoms with Crippen LogP contribution in [0, 0.1) is 0 Å². The van der Waals surface area contributed by atoms with Crippen molar-refractivity contribution in [1.29, 1.82) is 0 Å². The highest BCUT2D eigenvalue weighted by Crippen LogP contribution is 2.38. The highest BCUT2D eigenvalue weighted by atomic mass is 35.5. The van der Waals surface area contributed by atoms with Gasteiger partial charge in [0.05, 0.1) is 10.6 Å². The molecule has 0 aromatic carbocycles. The zero-order chi connectivity index (χ0) is 13.6. The van der Waals surface area contributed by atoms with E-state index in [1.54, 1.807) is 17.9 Å². The Morgan fingerprint density at radius 2 is 2.26 bits per heavy atom. The van der Waals surface area contributed by atoms with Crippen LogP contribution in [0.1, 0.15) is 49.1 Å². The number of rotatable bonds is 2. The third kappa shape index (κ3) is 2.65. The van der Waals surface area contributed by atoms with Crippen LogP contribution in [-0.2, 0) is 0 Å². The van der Waals surface area contributed by atoms with Gasteiger partial charge in [0.15, 0.2) is 0 Å². The summed E-state index contributed by atoms with van der Waals surface area (Å²) in [5, 5.41) is 10.7. The normalized spacial score (nSPS) is 27.6. The predicted molar refractivity (Wildman–Crippen MR) is 73.5 cm³/mol. The number of aromatic nitrogens is 1. The van der Waals surface area contributed by atoms with Crippen LogP contribution in [0.2, 0.25) is 5.02 Å². The Hall–Kier alpha value is -1.00. The SMILES string of the molecule is CC1(O)CCCN(C(=O)c2cc(Cl)cn2C2CC2)C1. The molecule has 0 radical (unpaired) electrons. The number of piperidine rings is 1. The molecule has 5 heteroatoms. The molecule has 1 aromatic heterocycles. The van der Waals surface area contributed by atoms with Gasteiger partial charge in [-0.15, -0.1) is 0 Å². The summed E-state index contributed by atoms with van der Waals surface area (Å²) in [6.45, 7) is 2.90. The predicted octanol–water partition coefficient (Wildman–Crippen LogP) is 2.46. The first-order valence-electron chi connectivity index (χ1n) is 6.85. The van der Waals surface area contributed by atoms with Gasteiger partial charge in [-0.25, -0.2) is 0 Å². The molecule has 104 valence electrons. The second kappa shape index (κ2) is 4.53. The Morgan fingerprint density at radius 1 is 1.53 bits per heavy atom. The molecule has 1 amide bonds. The van der Waals surface area contributed by atoms with Gasteiger partial charge < -0.3 is 14.6 Å². The maximum atomic E-state index is 12.6. The topological polar surface area (TPSA) is 45.5 Å². The molecule has 1 aliphatic carbocycles. The van der Waals surface area contributed by atoms with Gasteiger partial charge in [0.25, 0.3) is 5.91 Å². The molecule has 1 saturated carbocycles. The molecule has 3 rings (SSSR count). The van der Waals surface area contributed by atoms with Crippen molar-refractivity contribution in [2.75, 3.05) is 13.1 Å². The Labute approximate surface area is 118 Å². The highest BCUT2D eigenvalue weighted by molar-refractivity contribution is 6.31. The molecule has 2 fully saturated rings. The number of carbonyl (C=O) groups excluding carboxylic acids is 1. The van der Waals surface area contributed by atoms with E-state index >= 15 is 0 Å². The molecular formula is C14H19ClN2O2.